The first-order valence-corrected chi connectivity index (χ1v) is 11.1. The van der Waals surface area contributed by atoms with E-state index < -0.39 is 9.84 Å². The van der Waals surface area contributed by atoms with Crippen molar-refractivity contribution < 1.29 is 13.2 Å². The summed E-state index contributed by atoms with van der Waals surface area (Å²) >= 11 is 0. The van der Waals surface area contributed by atoms with Gasteiger partial charge in [-0.25, -0.2) is 8.42 Å². The van der Waals surface area contributed by atoms with Crippen molar-refractivity contribution >= 4 is 9.84 Å². The average molecular weight is 372 g/mol. The van der Waals surface area contributed by atoms with Crippen LogP contribution in [0.5, 0.6) is 5.75 Å². The molecule has 0 amide bonds. The van der Waals surface area contributed by atoms with E-state index in [0.29, 0.717) is 10.9 Å². The van der Waals surface area contributed by atoms with Crippen LogP contribution in [-0.2, 0) is 16.3 Å². The van der Waals surface area contributed by atoms with Crippen molar-refractivity contribution in [2.24, 2.45) is 0 Å². The second kappa shape index (κ2) is 6.71. The van der Waals surface area contributed by atoms with E-state index in [4.69, 9.17) is 4.74 Å². The SMILES string of the molecule is Cc1cc(OC2c3ccccc3CC2N2CCCC2)ccc1S(C)(=O)=O. The largest absolute Gasteiger partial charge is 0.484 e. The first-order chi connectivity index (χ1) is 12.4. The third-order valence-electron chi connectivity index (χ3n) is 5.56. The Kier molecular flexibility index (Phi) is 4.53. The van der Waals surface area contributed by atoms with Crippen LogP contribution in [0, 0.1) is 6.92 Å². The molecule has 4 nitrogen and oxygen atoms in total. The fourth-order valence-corrected chi connectivity index (χ4v) is 5.29. The number of aryl methyl sites for hydroxylation is 1. The van der Waals surface area contributed by atoms with Crippen molar-refractivity contribution in [3.63, 3.8) is 0 Å². The fraction of sp³-hybridized carbons (Fsp3) is 0.429. The van der Waals surface area contributed by atoms with Gasteiger partial charge in [0.15, 0.2) is 9.84 Å². The van der Waals surface area contributed by atoms with Crippen molar-refractivity contribution in [2.45, 2.75) is 43.2 Å². The van der Waals surface area contributed by atoms with Crippen molar-refractivity contribution in [1.29, 1.82) is 0 Å². The first-order valence-electron chi connectivity index (χ1n) is 9.23. The molecule has 1 heterocycles. The Balaban J connectivity index is 1.65. The molecule has 0 bridgehead atoms. The smallest absolute Gasteiger partial charge is 0.175 e. The van der Waals surface area contributed by atoms with Gasteiger partial charge in [0.05, 0.1) is 10.9 Å². The second-order valence-electron chi connectivity index (χ2n) is 7.45. The van der Waals surface area contributed by atoms with Gasteiger partial charge in [0.2, 0.25) is 0 Å². The lowest BCUT2D eigenvalue weighted by Crippen LogP contribution is -2.38. The van der Waals surface area contributed by atoms with Gasteiger partial charge in [-0.15, -0.1) is 0 Å². The molecule has 5 heteroatoms. The van der Waals surface area contributed by atoms with E-state index in [1.165, 1.54) is 30.2 Å². The maximum Gasteiger partial charge on any atom is 0.175 e. The number of benzene rings is 2. The van der Waals surface area contributed by atoms with Gasteiger partial charge < -0.3 is 4.74 Å². The summed E-state index contributed by atoms with van der Waals surface area (Å²) in [4.78, 5) is 2.91. The Labute approximate surface area is 155 Å². The number of sulfone groups is 1. The van der Waals surface area contributed by atoms with Gasteiger partial charge in [0.25, 0.3) is 0 Å². The first kappa shape index (κ1) is 17.6. The molecule has 2 aromatic rings. The van der Waals surface area contributed by atoms with E-state index in [9.17, 15) is 8.42 Å². The number of likely N-dealkylation sites (tertiary alicyclic amines) is 1. The van der Waals surface area contributed by atoms with Crippen LogP contribution < -0.4 is 4.74 Å². The van der Waals surface area contributed by atoms with Crippen LogP contribution in [0.1, 0.15) is 35.6 Å². The predicted molar refractivity (Wildman–Crippen MR) is 102 cm³/mol. The minimum absolute atomic E-state index is 0.00668. The molecule has 0 spiro atoms. The van der Waals surface area contributed by atoms with Crippen LogP contribution in [0.2, 0.25) is 0 Å². The quantitative estimate of drug-likeness (QED) is 0.825. The van der Waals surface area contributed by atoms with Crippen molar-refractivity contribution in [3.05, 3.63) is 59.2 Å². The zero-order valence-corrected chi connectivity index (χ0v) is 16.1. The Hall–Kier alpha value is -1.85. The Morgan fingerprint density at radius 1 is 1.08 bits per heavy atom. The summed E-state index contributed by atoms with van der Waals surface area (Å²) in [6, 6.07) is 14.2. The fourth-order valence-electron chi connectivity index (χ4n) is 4.33. The number of fused-ring (bicyclic) bond motifs is 1. The number of hydrogen-bond donors (Lipinski definition) is 0. The molecule has 2 unspecified atom stereocenters. The van der Waals surface area contributed by atoms with E-state index in [2.05, 4.69) is 29.2 Å². The number of rotatable bonds is 4. The summed E-state index contributed by atoms with van der Waals surface area (Å²) in [5.74, 6) is 0.737. The van der Waals surface area contributed by atoms with Gasteiger partial charge in [0, 0.05) is 6.26 Å². The maximum atomic E-state index is 11.9. The van der Waals surface area contributed by atoms with E-state index >= 15 is 0 Å². The van der Waals surface area contributed by atoms with Crippen LogP contribution in [0.25, 0.3) is 0 Å². The molecule has 1 aliphatic heterocycles. The Bertz CT molecular complexity index is 917. The summed E-state index contributed by atoms with van der Waals surface area (Å²) < 4.78 is 30.1. The number of hydrogen-bond acceptors (Lipinski definition) is 4. The monoisotopic (exact) mass is 371 g/mol. The normalized spacial score (nSPS) is 23.2. The molecule has 2 aliphatic rings. The van der Waals surface area contributed by atoms with Crippen LogP contribution >= 0.6 is 0 Å². The van der Waals surface area contributed by atoms with E-state index in [0.717, 1.165) is 30.8 Å². The van der Waals surface area contributed by atoms with Gasteiger partial charge in [-0.2, -0.15) is 0 Å². The molecular weight excluding hydrogens is 346 g/mol. The highest BCUT2D eigenvalue weighted by molar-refractivity contribution is 7.90. The average Bonchev–Trinajstić information content (AvgIpc) is 3.22. The lowest BCUT2D eigenvalue weighted by atomic mass is 10.1. The molecule has 2 aromatic carbocycles. The van der Waals surface area contributed by atoms with Gasteiger partial charge in [-0.1, -0.05) is 24.3 Å². The summed E-state index contributed by atoms with van der Waals surface area (Å²) in [6.45, 7) is 4.08. The molecule has 2 atom stereocenters. The Morgan fingerprint density at radius 2 is 1.81 bits per heavy atom. The molecule has 138 valence electrons. The van der Waals surface area contributed by atoms with Crippen LogP contribution in [0.3, 0.4) is 0 Å². The molecule has 1 saturated heterocycles. The lowest BCUT2D eigenvalue weighted by Gasteiger charge is -2.30. The summed E-state index contributed by atoms with van der Waals surface area (Å²) in [5, 5.41) is 0. The molecule has 26 heavy (non-hydrogen) atoms. The van der Waals surface area contributed by atoms with Gasteiger partial charge >= 0.3 is 0 Å². The summed E-state index contributed by atoms with van der Waals surface area (Å²) in [6.07, 6.45) is 4.75. The van der Waals surface area contributed by atoms with E-state index in [1.807, 2.05) is 13.0 Å². The van der Waals surface area contributed by atoms with Crippen molar-refractivity contribution in [2.75, 3.05) is 19.3 Å². The number of nitrogens with zero attached hydrogens (tertiary/aromatic N) is 1. The van der Waals surface area contributed by atoms with Crippen LogP contribution in [0.15, 0.2) is 47.4 Å². The highest BCUT2D eigenvalue weighted by Gasteiger charge is 2.38. The lowest BCUT2D eigenvalue weighted by molar-refractivity contribution is 0.0940. The highest BCUT2D eigenvalue weighted by atomic mass is 32.2. The molecule has 1 aliphatic carbocycles. The summed E-state index contributed by atoms with van der Waals surface area (Å²) in [5.41, 5.74) is 3.35. The minimum atomic E-state index is -3.21. The molecular formula is C21H25NO3S. The van der Waals surface area contributed by atoms with Gasteiger partial charge in [-0.05, 0) is 74.2 Å². The van der Waals surface area contributed by atoms with Crippen molar-refractivity contribution in [3.8, 4) is 5.75 Å². The summed E-state index contributed by atoms with van der Waals surface area (Å²) in [7, 11) is -3.21. The highest BCUT2D eigenvalue weighted by Crippen LogP contribution is 2.39. The van der Waals surface area contributed by atoms with Gasteiger partial charge in [-0.3, -0.25) is 4.90 Å². The number of ether oxygens (including phenoxy) is 1. The standard InChI is InChI=1S/C21H25NO3S/c1-15-13-17(9-10-20(15)26(2,23)24)25-21-18-8-4-3-7-16(18)14-19(21)22-11-5-6-12-22/h3-4,7-10,13,19,21H,5-6,11-12,14H2,1-2H3. The van der Waals surface area contributed by atoms with Crippen molar-refractivity contribution in [1.82, 2.24) is 4.90 Å². The predicted octanol–water partition coefficient (Wildman–Crippen LogP) is 3.54. The topological polar surface area (TPSA) is 46.6 Å². The van der Waals surface area contributed by atoms with E-state index in [-0.39, 0.29) is 6.10 Å². The molecule has 4 rings (SSSR count). The molecule has 1 fully saturated rings. The zero-order chi connectivity index (χ0) is 18.3. The molecule has 0 saturated carbocycles. The van der Waals surface area contributed by atoms with Crippen LogP contribution in [-0.4, -0.2) is 38.7 Å². The molecule has 0 aromatic heterocycles. The zero-order valence-electron chi connectivity index (χ0n) is 15.3. The van der Waals surface area contributed by atoms with E-state index in [1.54, 1.807) is 12.1 Å². The van der Waals surface area contributed by atoms with Gasteiger partial charge in [0.1, 0.15) is 11.9 Å². The molecule has 0 N–H and O–H groups in total. The maximum absolute atomic E-state index is 11.9. The third kappa shape index (κ3) is 3.26. The second-order valence-corrected chi connectivity index (χ2v) is 9.44. The third-order valence-corrected chi connectivity index (χ3v) is 6.82. The Morgan fingerprint density at radius 3 is 2.50 bits per heavy atom. The van der Waals surface area contributed by atoms with Crippen LogP contribution in [0.4, 0.5) is 0 Å². The minimum Gasteiger partial charge on any atom is -0.484 e. The molecule has 0 radical (unpaired) electrons.